The first-order valence-electron chi connectivity index (χ1n) is 4.92. The molecule has 1 aromatic heterocycles. The molecular formula is C10H13N3O. The Bertz CT molecular complexity index is 306. The van der Waals surface area contributed by atoms with Crippen molar-refractivity contribution in [2.45, 2.75) is 19.3 Å². The van der Waals surface area contributed by atoms with Gasteiger partial charge in [-0.1, -0.05) is 0 Å². The number of carbonyl (C=O) groups is 1. The molecule has 1 aromatic rings. The number of likely N-dealkylation sites (tertiary alicyclic amines) is 1. The number of carbonyl (C=O) groups excluding carboxylic acids is 1. The zero-order chi connectivity index (χ0) is 9.80. The van der Waals surface area contributed by atoms with Crippen LogP contribution in [0, 0.1) is 0 Å². The molecule has 2 rings (SSSR count). The van der Waals surface area contributed by atoms with E-state index in [1.807, 2.05) is 4.90 Å². The van der Waals surface area contributed by atoms with Crippen LogP contribution in [0.25, 0.3) is 0 Å². The zero-order valence-corrected chi connectivity index (χ0v) is 8.02. The van der Waals surface area contributed by atoms with Crippen molar-refractivity contribution in [1.82, 2.24) is 14.9 Å². The molecule has 1 fully saturated rings. The molecule has 1 aliphatic heterocycles. The minimum absolute atomic E-state index is 0.0605. The van der Waals surface area contributed by atoms with Gasteiger partial charge in [0, 0.05) is 25.5 Å². The Hall–Kier alpha value is -1.45. The summed E-state index contributed by atoms with van der Waals surface area (Å²) in [4.78, 5) is 21.4. The maximum absolute atomic E-state index is 11.8. The molecule has 0 aromatic carbocycles. The van der Waals surface area contributed by atoms with Crippen molar-refractivity contribution in [3.63, 3.8) is 0 Å². The van der Waals surface area contributed by atoms with Gasteiger partial charge in [-0.25, -0.2) is 9.97 Å². The highest BCUT2D eigenvalue weighted by Crippen LogP contribution is 2.11. The highest BCUT2D eigenvalue weighted by atomic mass is 16.2. The van der Waals surface area contributed by atoms with E-state index in [0.29, 0.717) is 5.56 Å². The van der Waals surface area contributed by atoms with Crippen LogP contribution < -0.4 is 0 Å². The number of piperidine rings is 1. The van der Waals surface area contributed by atoms with Gasteiger partial charge in [0.25, 0.3) is 5.91 Å². The smallest absolute Gasteiger partial charge is 0.256 e. The van der Waals surface area contributed by atoms with Gasteiger partial charge in [-0.3, -0.25) is 4.79 Å². The summed E-state index contributed by atoms with van der Waals surface area (Å²) in [6, 6.07) is 0. The third-order valence-electron chi connectivity index (χ3n) is 2.45. The molecule has 4 nitrogen and oxygen atoms in total. The van der Waals surface area contributed by atoms with E-state index >= 15 is 0 Å². The SMILES string of the molecule is O=C(c1cncnc1)N1CCCCC1. The van der Waals surface area contributed by atoms with Gasteiger partial charge in [0.2, 0.25) is 0 Å². The van der Waals surface area contributed by atoms with Crippen LogP contribution in [0.1, 0.15) is 29.6 Å². The van der Waals surface area contributed by atoms with Crippen molar-refractivity contribution in [3.05, 3.63) is 24.3 Å². The van der Waals surface area contributed by atoms with Crippen LogP contribution in [0.5, 0.6) is 0 Å². The number of aromatic nitrogens is 2. The molecule has 0 bridgehead atoms. The highest BCUT2D eigenvalue weighted by Gasteiger charge is 2.17. The van der Waals surface area contributed by atoms with Crippen LogP contribution in [0.4, 0.5) is 0 Å². The van der Waals surface area contributed by atoms with E-state index in [1.165, 1.54) is 12.7 Å². The molecule has 0 atom stereocenters. The Balaban J connectivity index is 2.07. The van der Waals surface area contributed by atoms with Crippen LogP contribution in [0.15, 0.2) is 18.7 Å². The van der Waals surface area contributed by atoms with Crippen LogP contribution in [-0.2, 0) is 0 Å². The average Bonchev–Trinajstić information content (AvgIpc) is 2.30. The van der Waals surface area contributed by atoms with E-state index in [1.54, 1.807) is 12.4 Å². The van der Waals surface area contributed by atoms with Crippen LogP contribution in [0.2, 0.25) is 0 Å². The lowest BCUT2D eigenvalue weighted by molar-refractivity contribution is 0.0723. The fraction of sp³-hybridized carbons (Fsp3) is 0.500. The quantitative estimate of drug-likeness (QED) is 0.667. The fourth-order valence-electron chi connectivity index (χ4n) is 1.69. The lowest BCUT2D eigenvalue weighted by atomic mass is 10.1. The molecule has 0 N–H and O–H groups in total. The summed E-state index contributed by atoms with van der Waals surface area (Å²) in [7, 11) is 0. The van der Waals surface area contributed by atoms with Crippen molar-refractivity contribution >= 4 is 5.91 Å². The first-order chi connectivity index (χ1) is 6.88. The van der Waals surface area contributed by atoms with Crippen molar-refractivity contribution < 1.29 is 4.79 Å². The van der Waals surface area contributed by atoms with Gasteiger partial charge in [0.1, 0.15) is 6.33 Å². The number of hydrogen-bond acceptors (Lipinski definition) is 3. The Kier molecular flexibility index (Phi) is 2.72. The van der Waals surface area contributed by atoms with Gasteiger partial charge >= 0.3 is 0 Å². The van der Waals surface area contributed by atoms with Crippen molar-refractivity contribution in [1.29, 1.82) is 0 Å². The third kappa shape index (κ3) is 1.89. The number of hydrogen-bond donors (Lipinski definition) is 0. The summed E-state index contributed by atoms with van der Waals surface area (Å²) in [5.41, 5.74) is 0.592. The van der Waals surface area contributed by atoms with Crippen molar-refractivity contribution in [2.24, 2.45) is 0 Å². The normalized spacial score (nSPS) is 16.7. The molecule has 0 unspecified atom stereocenters. The third-order valence-corrected chi connectivity index (χ3v) is 2.45. The molecular weight excluding hydrogens is 178 g/mol. The monoisotopic (exact) mass is 191 g/mol. The summed E-state index contributed by atoms with van der Waals surface area (Å²) in [6.45, 7) is 1.74. The molecule has 0 aliphatic carbocycles. The van der Waals surface area contributed by atoms with Crippen LogP contribution in [-0.4, -0.2) is 33.9 Å². The lowest BCUT2D eigenvalue weighted by Gasteiger charge is -2.26. The van der Waals surface area contributed by atoms with Gasteiger partial charge in [-0.05, 0) is 19.3 Å². The molecule has 1 aliphatic rings. The molecule has 1 saturated heterocycles. The van der Waals surface area contributed by atoms with Crippen molar-refractivity contribution in [2.75, 3.05) is 13.1 Å². The van der Waals surface area contributed by atoms with E-state index in [-0.39, 0.29) is 5.91 Å². The van der Waals surface area contributed by atoms with Gasteiger partial charge < -0.3 is 4.90 Å². The lowest BCUT2D eigenvalue weighted by Crippen LogP contribution is -2.35. The summed E-state index contributed by atoms with van der Waals surface area (Å²) in [5, 5.41) is 0. The maximum atomic E-state index is 11.8. The van der Waals surface area contributed by atoms with Crippen molar-refractivity contribution in [3.8, 4) is 0 Å². The summed E-state index contributed by atoms with van der Waals surface area (Å²) in [5.74, 6) is 0.0605. The predicted molar refractivity (Wildman–Crippen MR) is 51.8 cm³/mol. The second kappa shape index (κ2) is 4.17. The molecule has 0 saturated carbocycles. The highest BCUT2D eigenvalue weighted by molar-refractivity contribution is 5.93. The topological polar surface area (TPSA) is 46.1 Å². The van der Waals surface area contributed by atoms with E-state index < -0.39 is 0 Å². The van der Waals surface area contributed by atoms with E-state index in [0.717, 1.165) is 25.9 Å². The summed E-state index contributed by atoms with van der Waals surface area (Å²) < 4.78 is 0. The minimum Gasteiger partial charge on any atom is -0.339 e. The van der Waals surface area contributed by atoms with Gasteiger partial charge in [0.05, 0.1) is 5.56 Å². The summed E-state index contributed by atoms with van der Waals surface area (Å²) in [6.07, 6.45) is 8.04. The zero-order valence-electron chi connectivity index (χ0n) is 8.02. The van der Waals surface area contributed by atoms with E-state index in [2.05, 4.69) is 9.97 Å². The largest absolute Gasteiger partial charge is 0.339 e. The van der Waals surface area contributed by atoms with Gasteiger partial charge in [-0.15, -0.1) is 0 Å². The number of amides is 1. The Labute approximate surface area is 83.0 Å². The molecule has 0 spiro atoms. The fourth-order valence-corrected chi connectivity index (χ4v) is 1.69. The van der Waals surface area contributed by atoms with E-state index in [4.69, 9.17) is 0 Å². The molecule has 14 heavy (non-hydrogen) atoms. The molecule has 1 amide bonds. The molecule has 74 valence electrons. The molecule has 0 radical (unpaired) electrons. The number of nitrogens with zero attached hydrogens (tertiary/aromatic N) is 3. The second-order valence-corrected chi connectivity index (χ2v) is 3.48. The van der Waals surface area contributed by atoms with Crippen LogP contribution >= 0.6 is 0 Å². The predicted octanol–water partition coefficient (Wildman–Crippen LogP) is 1.10. The Morgan fingerprint density at radius 1 is 1.14 bits per heavy atom. The first-order valence-corrected chi connectivity index (χ1v) is 4.92. The Morgan fingerprint density at radius 3 is 2.43 bits per heavy atom. The first kappa shape index (κ1) is 9.12. The van der Waals surface area contributed by atoms with Crippen LogP contribution in [0.3, 0.4) is 0 Å². The number of rotatable bonds is 1. The Morgan fingerprint density at radius 2 is 1.79 bits per heavy atom. The molecule has 4 heteroatoms. The average molecular weight is 191 g/mol. The standard InChI is InChI=1S/C10H13N3O/c14-10(9-6-11-8-12-7-9)13-4-2-1-3-5-13/h6-8H,1-5H2. The summed E-state index contributed by atoms with van der Waals surface area (Å²) >= 11 is 0. The second-order valence-electron chi connectivity index (χ2n) is 3.48. The van der Waals surface area contributed by atoms with Gasteiger partial charge in [-0.2, -0.15) is 0 Å². The van der Waals surface area contributed by atoms with Gasteiger partial charge in [0.15, 0.2) is 0 Å². The molecule has 2 heterocycles. The maximum Gasteiger partial charge on any atom is 0.256 e. The van der Waals surface area contributed by atoms with E-state index in [9.17, 15) is 4.79 Å². The minimum atomic E-state index is 0.0605.